The lowest BCUT2D eigenvalue weighted by atomic mass is 9.98. The number of amides is 2. The van der Waals surface area contributed by atoms with E-state index in [1.165, 1.54) is 5.56 Å². The number of thioether (sulfide) groups is 1. The van der Waals surface area contributed by atoms with Gasteiger partial charge in [0.05, 0.1) is 12.1 Å². The van der Waals surface area contributed by atoms with Crippen molar-refractivity contribution >= 4 is 23.8 Å². The number of aliphatic hydroxyl groups is 1. The summed E-state index contributed by atoms with van der Waals surface area (Å²) in [4.78, 5) is 24.5. The van der Waals surface area contributed by atoms with Crippen molar-refractivity contribution in [3.05, 3.63) is 35.9 Å². The number of alkyl carbamates (subject to hydrolysis) is 1. The van der Waals surface area contributed by atoms with Crippen molar-refractivity contribution in [3.8, 4) is 0 Å². The molecule has 0 radical (unpaired) electrons. The maximum absolute atomic E-state index is 12.3. The van der Waals surface area contributed by atoms with Crippen LogP contribution in [0.15, 0.2) is 30.3 Å². The molecule has 170 valence electrons. The van der Waals surface area contributed by atoms with Crippen LogP contribution in [0.1, 0.15) is 59.4 Å². The number of ether oxygens (including phenoxy) is 1. The Hall–Kier alpha value is -1.73. The normalized spacial score (nSPS) is 14.5. The number of benzene rings is 1. The van der Waals surface area contributed by atoms with Crippen LogP contribution in [-0.2, 0) is 15.3 Å². The van der Waals surface area contributed by atoms with Crippen LogP contribution in [0, 0.1) is 5.92 Å². The minimum absolute atomic E-state index is 0.0737. The third-order valence-electron chi connectivity index (χ3n) is 4.45. The van der Waals surface area contributed by atoms with Gasteiger partial charge in [-0.05, 0) is 39.2 Å². The molecule has 3 atom stereocenters. The van der Waals surface area contributed by atoms with Gasteiger partial charge in [-0.3, -0.25) is 4.79 Å². The van der Waals surface area contributed by atoms with Gasteiger partial charge in [-0.2, -0.15) is 11.8 Å². The van der Waals surface area contributed by atoms with E-state index >= 15 is 0 Å². The lowest BCUT2D eigenvalue weighted by Gasteiger charge is -2.27. The molecule has 0 unspecified atom stereocenters. The third kappa shape index (κ3) is 11.5. The number of hydrogen-bond acceptors (Lipinski definition) is 5. The SMILES string of the molecule is CCCCNC(=O)[C@H](C)C[C@H](O)[C@H](CSCc1ccccc1)NC(=O)OC(C)(C)C. The van der Waals surface area contributed by atoms with Gasteiger partial charge in [0.1, 0.15) is 5.60 Å². The van der Waals surface area contributed by atoms with E-state index in [2.05, 4.69) is 17.6 Å². The van der Waals surface area contributed by atoms with Crippen LogP contribution >= 0.6 is 11.8 Å². The molecule has 1 aromatic rings. The summed E-state index contributed by atoms with van der Waals surface area (Å²) in [5.41, 5.74) is 0.556. The minimum atomic E-state index is -0.854. The molecule has 0 aromatic heterocycles. The smallest absolute Gasteiger partial charge is 0.407 e. The second kappa shape index (κ2) is 13.5. The zero-order valence-electron chi connectivity index (χ0n) is 18.9. The molecule has 0 saturated heterocycles. The summed E-state index contributed by atoms with van der Waals surface area (Å²) in [5.74, 6) is 0.862. The van der Waals surface area contributed by atoms with Crippen LogP contribution in [0.4, 0.5) is 4.79 Å². The molecule has 1 rings (SSSR count). The number of rotatable bonds is 12. The van der Waals surface area contributed by atoms with Gasteiger partial charge < -0.3 is 20.5 Å². The van der Waals surface area contributed by atoms with E-state index in [0.717, 1.165) is 18.6 Å². The van der Waals surface area contributed by atoms with Gasteiger partial charge >= 0.3 is 6.09 Å². The summed E-state index contributed by atoms with van der Waals surface area (Å²) < 4.78 is 5.35. The fourth-order valence-electron chi connectivity index (χ4n) is 2.78. The van der Waals surface area contributed by atoms with E-state index in [-0.39, 0.29) is 18.2 Å². The average molecular weight is 439 g/mol. The Morgan fingerprint density at radius 2 is 1.87 bits per heavy atom. The Morgan fingerprint density at radius 1 is 1.20 bits per heavy atom. The summed E-state index contributed by atoms with van der Waals surface area (Å²) in [6.07, 6.45) is 0.793. The summed E-state index contributed by atoms with van der Waals surface area (Å²) in [6, 6.07) is 9.52. The van der Waals surface area contributed by atoms with Crippen LogP contribution in [0.2, 0.25) is 0 Å². The van der Waals surface area contributed by atoms with E-state index in [1.54, 1.807) is 39.5 Å². The van der Waals surface area contributed by atoms with Gasteiger partial charge in [-0.15, -0.1) is 0 Å². The number of unbranched alkanes of at least 4 members (excludes halogenated alkanes) is 1. The Kier molecular flexibility index (Phi) is 11.9. The molecule has 6 nitrogen and oxygen atoms in total. The summed E-state index contributed by atoms with van der Waals surface area (Å²) in [5, 5.41) is 16.5. The summed E-state index contributed by atoms with van der Waals surface area (Å²) >= 11 is 1.62. The predicted molar refractivity (Wildman–Crippen MR) is 123 cm³/mol. The fraction of sp³-hybridized carbons (Fsp3) is 0.652. The Bertz CT molecular complexity index is 634. The molecule has 0 fully saturated rings. The fourth-order valence-corrected chi connectivity index (χ4v) is 3.89. The van der Waals surface area contributed by atoms with Crippen LogP contribution in [0.25, 0.3) is 0 Å². The number of carbonyl (C=O) groups is 2. The highest BCUT2D eigenvalue weighted by atomic mass is 32.2. The van der Waals surface area contributed by atoms with Crippen molar-refractivity contribution in [3.63, 3.8) is 0 Å². The molecule has 0 spiro atoms. The molecule has 0 aliphatic carbocycles. The molecule has 7 heteroatoms. The zero-order chi connectivity index (χ0) is 22.6. The first-order valence-corrected chi connectivity index (χ1v) is 11.8. The van der Waals surface area contributed by atoms with Crippen molar-refractivity contribution in [2.45, 2.75) is 77.4 Å². The second-order valence-electron chi connectivity index (χ2n) is 8.60. The Balaban J connectivity index is 2.66. The molecule has 0 saturated carbocycles. The molecule has 0 bridgehead atoms. The number of aliphatic hydroxyl groups excluding tert-OH is 1. The average Bonchev–Trinajstić information content (AvgIpc) is 2.66. The molecule has 30 heavy (non-hydrogen) atoms. The highest BCUT2D eigenvalue weighted by Gasteiger charge is 2.27. The van der Waals surface area contributed by atoms with Crippen molar-refractivity contribution in [2.75, 3.05) is 12.3 Å². The van der Waals surface area contributed by atoms with E-state index in [1.807, 2.05) is 30.3 Å². The molecule has 2 amide bonds. The Morgan fingerprint density at radius 3 is 2.47 bits per heavy atom. The minimum Gasteiger partial charge on any atom is -0.444 e. The molecule has 1 aromatic carbocycles. The summed E-state index contributed by atoms with van der Waals surface area (Å²) in [7, 11) is 0. The van der Waals surface area contributed by atoms with E-state index in [0.29, 0.717) is 12.3 Å². The van der Waals surface area contributed by atoms with Crippen LogP contribution < -0.4 is 10.6 Å². The van der Waals surface area contributed by atoms with Crippen molar-refractivity contribution in [1.82, 2.24) is 10.6 Å². The van der Waals surface area contributed by atoms with Crippen molar-refractivity contribution < 1.29 is 19.4 Å². The number of hydrogen-bond donors (Lipinski definition) is 3. The zero-order valence-corrected chi connectivity index (χ0v) is 19.8. The van der Waals surface area contributed by atoms with Gasteiger partial charge in [0.25, 0.3) is 0 Å². The standard InChI is InChI=1S/C23H38N2O4S/c1-6-7-13-24-21(27)17(2)14-20(26)19(25-22(28)29-23(3,4)5)16-30-15-18-11-9-8-10-12-18/h8-12,17,19-20,26H,6-7,13-16H2,1-5H3,(H,24,27)(H,25,28)/t17-,19+,20+/m1/s1. The topological polar surface area (TPSA) is 87.7 Å². The first-order valence-electron chi connectivity index (χ1n) is 10.7. The third-order valence-corrected chi connectivity index (χ3v) is 5.58. The summed E-state index contributed by atoms with van der Waals surface area (Å²) in [6.45, 7) is 9.90. The van der Waals surface area contributed by atoms with Gasteiger partial charge in [0.2, 0.25) is 5.91 Å². The first kappa shape index (κ1) is 26.3. The van der Waals surface area contributed by atoms with Crippen molar-refractivity contribution in [1.29, 1.82) is 0 Å². The maximum Gasteiger partial charge on any atom is 0.407 e. The number of nitrogens with one attached hydrogen (secondary N) is 2. The first-order chi connectivity index (χ1) is 14.1. The van der Waals surface area contributed by atoms with Gasteiger partial charge in [0, 0.05) is 24.0 Å². The molecular weight excluding hydrogens is 400 g/mol. The highest BCUT2D eigenvalue weighted by Crippen LogP contribution is 2.18. The van der Waals surface area contributed by atoms with Crippen molar-refractivity contribution in [2.24, 2.45) is 5.92 Å². The van der Waals surface area contributed by atoms with Crippen LogP contribution in [0.5, 0.6) is 0 Å². The highest BCUT2D eigenvalue weighted by molar-refractivity contribution is 7.98. The largest absolute Gasteiger partial charge is 0.444 e. The van der Waals surface area contributed by atoms with Gasteiger partial charge in [-0.25, -0.2) is 4.79 Å². The lowest BCUT2D eigenvalue weighted by molar-refractivity contribution is -0.125. The lowest BCUT2D eigenvalue weighted by Crippen LogP contribution is -2.48. The van der Waals surface area contributed by atoms with Crippen LogP contribution in [0.3, 0.4) is 0 Å². The van der Waals surface area contributed by atoms with Crippen LogP contribution in [-0.4, -0.2) is 47.2 Å². The van der Waals surface area contributed by atoms with E-state index < -0.39 is 23.8 Å². The predicted octanol–water partition coefficient (Wildman–Crippen LogP) is 4.12. The number of carbonyl (C=O) groups excluding carboxylic acids is 2. The Labute approximate surface area is 185 Å². The van der Waals surface area contributed by atoms with E-state index in [9.17, 15) is 14.7 Å². The molecule has 0 aliphatic heterocycles. The molecule has 3 N–H and O–H groups in total. The quantitative estimate of drug-likeness (QED) is 0.427. The second-order valence-corrected chi connectivity index (χ2v) is 9.63. The maximum atomic E-state index is 12.3. The van der Waals surface area contributed by atoms with Gasteiger partial charge in [-0.1, -0.05) is 50.6 Å². The monoisotopic (exact) mass is 438 g/mol. The molecule has 0 aliphatic rings. The molecule has 0 heterocycles. The van der Waals surface area contributed by atoms with Gasteiger partial charge in [0.15, 0.2) is 0 Å². The molecular formula is C23H38N2O4S. The van der Waals surface area contributed by atoms with E-state index in [4.69, 9.17) is 4.74 Å².